The number of amides is 1. The van der Waals surface area contributed by atoms with Crippen LogP contribution in [-0.4, -0.2) is 28.3 Å². The van der Waals surface area contributed by atoms with Gasteiger partial charge in [0.25, 0.3) is 17.0 Å². The molecule has 2 heterocycles. The Labute approximate surface area is 198 Å². The molecule has 2 aromatic carbocycles. The Morgan fingerprint density at radius 3 is 2.76 bits per heavy atom. The first-order valence-electron chi connectivity index (χ1n) is 11.3. The maximum atomic E-state index is 13.2. The van der Waals surface area contributed by atoms with E-state index in [1.54, 1.807) is 9.58 Å². The van der Waals surface area contributed by atoms with Gasteiger partial charge < -0.3 is 9.84 Å². The van der Waals surface area contributed by atoms with E-state index in [2.05, 4.69) is 11.9 Å². The smallest absolute Gasteiger partial charge is 0.293 e. The van der Waals surface area contributed by atoms with Gasteiger partial charge in [-0.3, -0.25) is 4.79 Å². The van der Waals surface area contributed by atoms with E-state index in [0.717, 1.165) is 30.6 Å². The SMILES string of the molecule is CCCCCSc1nc([O-])c2[n+](n1)C(c1cccc(OCC)c1)N(C(C)=O)c1ccccc1-2. The number of ether oxygens (including phenoxy) is 1. The quantitative estimate of drug-likeness (QED) is 0.284. The van der Waals surface area contributed by atoms with E-state index in [4.69, 9.17) is 9.84 Å². The van der Waals surface area contributed by atoms with Gasteiger partial charge in [-0.05, 0) is 43.7 Å². The Kier molecular flexibility index (Phi) is 7.13. The minimum Gasteiger partial charge on any atom is -0.854 e. The summed E-state index contributed by atoms with van der Waals surface area (Å²) in [5.74, 6) is 1.05. The summed E-state index contributed by atoms with van der Waals surface area (Å²) in [5, 5.41) is 18.4. The van der Waals surface area contributed by atoms with E-state index in [1.807, 2.05) is 55.5 Å². The molecule has 3 aromatic rings. The van der Waals surface area contributed by atoms with Crippen molar-refractivity contribution in [1.29, 1.82) is 0 Å². The van der Waals surface area contributed by atoms with E-state index < -0.39 is 6.17 Å². The van der Waals surface area contributed by atoms with Crippen LogP contribution in [0.1, 0.15) is 51.8 Å². The average Bonchev–Trinajstić information content (AvgIpc) is 2.81. The van der Waals surface area contributed by atoms with E-state index in [1.165, 1.54) is 18.7 Å². The van der Waals surface area contributed by atoms with Crippen LogP contribution in [-0.2, 0) is 4.79 Å². The summed E-state index contributed by atoms with van der Waals surface area (Å²) in [6, 6.07) is 15.0. The molecule has 1 aliphatic rings. The molecule has 1 aliphatic heterocycles. The molecule has 1 aromatic heterocycles. The molecule has 1 atom stereocenters. The first-order chi connectivity index (χ1) is 16.0. The molecule has 0 N–H and O–H groups in total. The molecule has 0 aliphatic carbocycles. The fourth-order valence-electron chi connectivity index (χ4n) is 4.08. The zero-order valence-corrected chi connectivity index (χ0v) is 20.0. The van der Waals surface area contributed by atoms with Crippen LogP contribution in [0.15, 0.2) is 53.7 Å². The lowest BCUT2D eigenvalue weighted by atomic mass is 10.0. The van der Waals surface area contributed by atoms with Gasteiger partial charge in [0, 0.05) is 23.3 Å². The van der Waals surface area contributed by atoms with Crippen molar-refractivity contribution < 1.29 is 19.3 Å². The van der Waals surface area contributed by atoms with Crippen molar-refractivity contribution in [2.24, 2.45) is 0 Å². The second-order valence-electron chi connectivity index (χ2n) is 7.83. The highest BCUT2D eigenvalue weighted by molar-refractivity contribution is 7.99. The number of nitrogens with zero attached hydrogens (tertiary/aromatic N) is 4. The topological polar surface area (TPSA) is 82.3 Å². The lowest BCUT2D eigenvalue weighted by Gasteiger charge is -2.33. The monoisotopic (exact) mass is 464 g/mol. The Morgan fingerprint density at radius 1 is 1.18 bits per heavy atom. The largest absolute Gasteiger partial charge is 0.854 e. The first-order valence-corrected chi connectivity index (χ1v) is 12.3. The number of rotatable bonds is 8. The van der Waals surface area contributed by atoms with E-state index in [0.29, 0.717) is 34.5 Å². The van der Waals surface area contributed by atoms with Crippen LogP contribution >= 0.6 is 11.8 Å². The zero-order valence-electron chi connectivity index (χ0n) is 19.2. The maximum absolute atomic E-state index is 13.2. The van der Waals surface area contributed by atoms with Crippen LogP contribution in [0.3, 0.4) is 0 Å². The van der Waals surface area contributed by atoms with Crippen molar-refractivity contribution in [2.75, 3.05) is 17.3 Å². The third-order valence-electron chi connectivity index (χ3n) is 5.50. The summed E-state index contributed by atoms with van der Waals surface area (Å²) in [5.41, 5.74) is 2.50. The predicted molar refractivity (Wildman–Crippen MR) is 126 cm³/mol. The number of hydrogen-bond acceptors (Lipinski definition) is 6. The number of anilines is 1. The molecule has 0 radical (unpaired) electrons. The highest BCUT2D eigenvalue weighted by Crippen LogP contribution is 2.41. The number of hydrogen-bond donors (Lipinski definition) is 0. The lowest BCUT2D eigenvalue weighted by molar-refractivity contribution is -0.764. The fourth-order valence-corrected chi connectivity index (χ4v) is 4.91. The van der Waals surface area contributed by atoms with Crippen molar-refractivity contribution in [1.82, 2.24) is 10.1 Å². The van der Waals surface area contributed by atoms with E-state index in [9.17, 15) is 9.90 Å². The minimum atomic E-state index is -0.626. The third kappa shape index (κ3) is 4.66. The number of aromatic nitrogens is 3. The van der Waals surface area contributed by atoms with Crippen molar-refractivity contribution in [2.45, 2.75) is 51.4 Å². The molecular weight excluding hydrogens is 436 g/mol. The molecule has 7 nitrogen and oxygen atoms in total. The van der Waals surface area contributed by atoms with Gasteiger partial charge in [-0.25, -0.2) is 9.88 Å². The Balaban J connectivity index is 1.89. The van der Waals surface area contributed by atoms with Crippen LogP contribution in [0.25, 0.3) is 11.3 Å². The molecule has 0 fully saturated rings. The maximum Gasteiger partial charge on any atom is 0.293 e. The molecule has 4 rings (SSSR count). The number of carbonyl (C=O) groups is 1. The molecule has 33 heavy (non-hydrogen) atoms. The Morgan fingerprint density at radius 2 is 2.00 bits per heavy atom. The van der Waals surface area contributed by atoms with Crippen molar-refractivity contribution >= 4 is 23.4 Å². The Hall–Kier alpha value is -3.13. The number of carbonyl (C=O) groups excluding carboxylic acids is 1. The standard InChI is InChI=1S/C25H28N4O3S/c1-4-6-9-15-33-25-26-23(31)22-20-13-7-8-14-21(20)28(17(3)30)24(29(22)27-25)18-11-10-12-19(16-18)32-5-2/h7-8,10-14,16,24H,4-6,9,15H2,1-3H3. The number of fused-ring (bicyclic) bond motifs is 3. The second kappa shape index (κ2) is 10.2. The minimum absolute atomic E-state index is 0.143. The van der Waals surface area contributed by atoms with Gasteiger partial charge in [-0.15, -0.1) is 0 Å². The fraction of sp³-hybridized carbons (Fsp3) is 0.360. The number of thioether (sulfide) groups is 1. The van der Waals surface area contributed by atoms with Gasteiger partial charge in [-0.2, -0.15) is 0 Å². The molecule has 0 spiro atoms. The normalized spacial score (nSPS) is 14.5. The number of benzene rings is 2. The summed E-state index contributed by atoms with van der Waals surface area (Å²) < 4.78 is 7.36. The molecule has 1 amide bonds. The van der Waals surface area contributed by atoms with Crippen molar-refractivity contribution in [3.05, 3.63) is 54.1 Å². The lowest BCUT2D eigenvalue weighted by Crippen LogP contribution is -2.58. The molecular formula is C25H28N4O3S. The first kappa shape index (κ1) is 23.0. The van der Waals surface area contributed by atoms with E-state index >= 15 is 0 Å². The van der Waals surface area contributed by atoms with Crippen molar-refractivity contribution in [3.8, 4) is 22.9 Å². The highest BCUT2D eigenvalue weighted by atomic mass is 32.2. The Bertz CT molecular complexity index is 1150. The van der Waals surface area contributed by atoms with Crippen molar-refractivity contribution in [3.63, 3.8) is 0 Å². The van der Waals surface area contributed by atoms with E-state index in [-0.39, 0.29) is 11.8 Å². The molecule has 0 saturated heterocycles. The van der Waals surface area contributed by atoms with Gasteiger partial charge >= 0.3 is 0 Å². The highest BCUT2D eigenvalue weighted by Gasteiger charge is 2.43. The van der Waals surface area contributed by atoms with Gasteiger partial charge in [0.1, 0.15) is 5.75 Å². The number of para-hydroxylation sites is 1. The van der Waals surface area contributed by atoms with Gasteiger partial charge in [0.2, 0.25) is 5.91 Å². The predicted octanol–water partition coefficient (Wildman–Crippen LogP) is 4.10. The van der Waals surface area contributed by atoms with Crippen LogP contribution in [0.4, 0.5) is 5.69 Å². The second-order valence-corrected chi connectivity index (χ2v) is 8.90. The van der Waals surface area contributed by atoms with Gasteiger partial charge in [0.15, 0.2) is 0 Å². The summed E-state index contributed by atoms with van der Waals surface area (Å²) in [6.45, 7) is 6.14. The molecule has 8 heteroatoms. The van der Waals surface area contributed by atoms with Crippen LogP contribution in [0.2, 0.25) is 0 Å². The van der Waals surface area contributed by atoms with Gasteiger partial charge in [-0.1, -0.05) is 54.4 Å². The molecule has 1 unspecified atom stereocenters. The third-order valence-corrected chi connectivity index (χ3v) is 6.43. The zero-order chi connectivity index (χ0) is 23.4. The average molecular weight is 465 g/mol. The van der Waals surface area contributed by atoms with Crippen LogP contribution in [0.5, 0.6) is 11.6 Å². The summed E-state index contributed by atoms with van der Waals surface area (Å²) in [4.78, 5) is 18.9. The van der Waals surface area contributed by atoms with Crippen LogP contribution < -0.4 is 19.4 Å². The molecule has 172 valence electrons. The number of unbranched alkanes of at least 4 members (excludes halogenated alkanes) is 2. The summed E-state index contributed by atoms with van der Waals surface area (Å²) in [7, 11) is 0. The molecule has 0 bridgehead atoms. The van der Waals surface area contributed by atoms with Gasteiger partial charge in [0.05, 0.1) is 23.7 Å². The molecule has 0 saturated carbocycles. The summed E-state index contributed by atoms with van der Waals surface area (Å²) in [6.07, 6.45) is 2.64. The summed E-state index contributed by atoms with van der Waals surface area (Å²) >= 11 is 1.48. The van der Waals surface area contributed by atoms with Crippen LogP contribution in [0, 0.1) is 0 Å².